The van der Waals surface area contributed by atoms with Crippen LogP contribution in [0.5, 0.6) is 0 Å². The van der Waals surface area contributed by atoms with Crippen LogP contribution in [0.4, 0.5) is 5.95 Å². The molecule has 0 aliphatic rings. The predicted octanol–water partition coefficient (Wildman–Crippen LogP) is 4.85. The van der Waals surface area contributed by atoms with Crippen LogP contribution in [0.1, 0.15) is 25.7 Å². The molecule has 0 aliphatic carbocycles. The van der Waals surface area contributed by atoms with E-state index in [2.05, 4.69) is 11.2 Å². The first kappa shape index (κ1) is 15.8. The molecule has 2 aromatic rings. The molecule has 3 nitrogen and oxygen atoms in total. The fraction of sp³-hybridized carbons (Fsp3) is 0.500. The van der Waals surface area contributed by atoms with Crippen molar-refractivity contribution < 1.29 is 0 Å². The Morgan fingerprint density at radius 2 is 1.85 bits per heavy atom. The van der Waals surface area contributed by atoms with Gasteiger partial charge in [0, 0.05) is 6.54 Å². The van der Waals surface area contributed by atoms with Gasteiger partial charge in [-0.05, 0) is 37.0 Å². The number of thioether (sulfide) groups is 1. The number of anilines is 1. The van der Waals surface area contributed by atoms with Crippen molar-refractivity contribution in [3.63, 3.8) is 0 Å². The smallest absolute Gasteiger partial charge is 0.201 e. The van der Waals surface area contributed by atoms with E-state index in [1.165, 1.54) is 25.0 Å². The van der Waals surface area contributed by atoms with Crippen LogP contribution in [0.3, 0.4) is 0 Å². The third-order valence-electron chi connectivity index (χ3n) is 3.30. The molecule has 0 aliphatic heterocycles. The maximum absolute atomic E-state index is 6.07. The normalized spacial score (nSPS) is 11.3. The molecule has 1 heterocycles. The highest BCUT2D eigenvalue weighted by Crippen LogP contribution is 2.29. The van der Waals surface area contributed by atoms with Gasteiger partial charge in [-0.2, -0.15) is 11.8 Å². The van der Waals surface area contributed by atoms with Crippen molar-refractivity contribution in [2.75, 3.05) is 17.7 Å². The largest absolute Gasteiger partial charge is 0.369 e. The molecule has 0 unspecified atom stereocenters. The lowest BCUT2D eigenvalue weighted by Gasteiger charge is -2.07. The summed E-state index contributed by atoms with van der Waals surface area (Å²) in [6.07, 6.45) is 7.00. The monoisotopic (exact) mass is 331 g/mol. The Balaban J connectivity index is 2.02. The number of nitrogens with zero attached hydrogens (tertiary/aromatic N) is 2. The third-order valence-corrected chi connectivity index (χ3v) is 4.72. The Morgan fingerprint density at radius 1 is 1.15 bits per heavy atom. The van der Waals surface area contributed by atoms with Gasteiger partial charge in [0.2, 0.25) is 5.95 Å². The number of hydrogen-bond donors (Lipinski definition) is 1. The molecule has 0 bridgehead atoms. The van der Waals surface area contributed by atoms with Crippen molar-refractivity contribution >= 4 is 51.9 Å². The van der Waals surface area contributed by atoms with Gasteiger partial charge in [-0.25, -0.2) is 4.98 Å². The average molecular weight is 332 g/mol. The summed E-state index contributed by atoms with van der Waals surface area (Å²) < 4.78 is 2.02. The first-order valence-corrected chi connectivity index (χ1v) is 8.88. The number of aromatic nitrogens is 2. The van der Waals surface area contributed by atoms with Gasteiger partial charge >= 0.3 is 0 Å². The molecule has 1 aromatic carbocycles. The van der Waals surface area contributed by atoms with E-state index in [0.717, 1.165) is 24.0 Å². The van der Waals surface area contributed by atoms with Crippen LogP contribution in [-0.2, 0) is 6.54 Å². The van der Waals surface area contributed by atoms with Crippen LogP contribution in [-0.4, -0.2) is 21.6 Å². The molecule has 0 atom stereocenters. The third kappa shape index (κ3) is 3.74. The number of halogens is 2. The second kappa shape index (κ2) is 7.43. The second-order valence-corrected chi connectivity index (χ2v) is 6.58. The minimum atomic E-state index is 0.515. The van der Waals surface area contributed by atoms with Crippen molar-refractivity contribution in [2.45, 2.75) is 32.2 Å². The highest BCUT2D eigenvalue weighted by molar-refractivity contribution is 7.98. The van der Waals surface area contributed by atoms with Crippen molar-refractivity contribution in [2.24, 2.45) is 0 Å². The molecule has 6 heteroatoms. The van der Waals surface area contributed by atoms with Crippen molar-refractivity contribution in [3.05, 3.63) is 22.2 Å². The van der Waals surface area contributed by atoms with Gasteiger partial charge < -0.3 is 10.3 Å². The summed E-state index contributed by atoms with van der Waals surface area (Å²) >= 11 is 14.0. The van der Waals surface area contributed by atoms with E-state index >= 15 is 0 Å². The molecule has 0 radical (unpaired) electrons. The number of nitrogens with two attached hydrogens (primary N) is 1. The van der Waals surface area contributed by atoms with Crippen molar-refractivity contribution in [3.8, 4) is 0 Å². The van der Waals surface area contributed by atoms with E-state index in [1.54, 1.807) is 6.07 Å². The van der Waals surface area contributed by atoms with Gasteiger partial charge in [-0.15, -0.1) is 0 Å². The van der Waals surface area contributed by atoms with Crippen LogP contribution >= 0.6 is 35.0 Å². The van der Waals surface area contributed by atoms with Crippen LogP contribution < -0.4 is 5.73 Å². The van der Waals surface area contributed by atoms with Crippen LogP contribution in [0.15, 0.2) is 12.1 Å². The number of unbranched alkanes of at least 4 members (excludes halogenated alkanes) is 3. The molecule has 2 N–H and O–H groups in total. The van der Waals surface area contributed by atoms with Crippen LogP contribution in [0.25, 0.3) is 11.0 Å². The van der Waals surface area contributed by atoms with Crippen LogP contribution in [0.2, 0.25) is 10.0 Å². The number of fused-ring (bicyclic) bond motifs is 1. The van der Waals surface area contributed by atoms with E-state index < -0.39 is 0 Å². The molecule has 0 amide bonds. The van der Waals surface area contributed by atoms with Gasteiger partial charge in [0.15, 0.2) is 0 Å². The fourth-order valence-electron chi connectivity index (χ4n) is 2.24. The summed E-state index contributed by atoms with van der Waals surface area (Å²) in [4.78, 5) is 4.34. The SMILES string of the molecule is CSCCCCCCn1c(N)nc2cc(Cl)c(Cl)cc21. The number of hydrogen-bond acceptors (Lipinski definition) is 3. The molecule has 1 aromatic heterocycles. The summed E-state index contributed by atoms with van der Waals surface area (Å²) in [6.45, 7) is 0.875. The van der Waals surface area contributed by atoms with E-state index in [0.29, 0.717) is 16.0 Å². The molecule has 0 saturated heterocycles. The van der Waals surface area contributed by atoms with Crippen LogP contribution in [0, 0.1) is 0 Å². The highest BCUT2D eigenvalue weighted by Gasteiger charge is 2.10. The maximum Gasteiger partial charge on any atom is 0.201 e. The maximum atomic E-state index is 6.07. The minimum Gasteiger partial charge on any atom is -0.369 e. The molecular formula is C14H19Cl2N3S. The number of aryl methyl sites for hydroxylation is 1. The number of rotatable bonds is 7. The first-order valence-electron chi connectivity index (χ1n) is 6.73. The summed E-state index contributed by atoms with van der Waals surface area (Å²) in [7, 11) is 0. The lowest BCUT2D eigenvalue weighted by molar-refractivity contribution is 0.597. The Kier molecular flexibility index (Phi) is 5.87. The summed E-state index contributed by atoms with van der Waals surface area (Å²) in [5.74, 6) is 1.77. The molecule has 2 rings (SSSR count). The fourth-order valence-corrected chi connectivity index (χ4v) is 3.05. The first-order chi connectivity index (χ1) is 9.63. The van der Waals surface area contributed by atoms with E-state index in [9.17, 15) is 0 Å². The summed E-state index contributed by atoms with van der Waals surface area (Å²) in [5.41, 5.74) is 7.74. The number of benzene rings is 1. The second-order valence-electron chi connectivity index (χ2n) is 4.78. The number of nitrogen functional groups attached to an aromatic ring is 1. The zero-order valence-electron chi connectivity index (χ0n) is 11.5. The Hall–Kier alpha value is -0.580. The topological polar surface area (TPSA) is 43.8 Å². The number of imidazole rings is 1. The average Bonchev–Trinajstić information content (AvgIpc) is 2.70. The van der Waals surface area contributed by atoms with Gasteiger partial charge in [0.05, 0.1) is 21.1 Å². The Morgan fingerprint density at radius 3 is 2.60 bits per heavy atom. The molecular weight excluding hydrogens is 313 g/mol. The van der Waals surface area contributed by atoms with Crippen molar-refractivity contribution in [1.82, 2.24) is 9.55 Å². The van der Waals surface area contributed by atoms with Gasteiger partial charge in [0.25, 0.3) is 0 Å². The van der Waals surface area contributed by atoms with E-state index in [1.807, 2.05) is 22.4 Å². The van der Waals surface area contributed by atoms with E-state index in [-0.39, 0.29) is 0 Å². The molecule has 0 spiro atoms. The predicted molar refractivity (Wildman–Crippen MR) is 91.0 cm³/mol. The molecule has 0 fully saturated rings. The summed E-state index contributed by atoms with van der Waals surface area (Å²) in [5, 5.41) is 1.06. The lowest BCUT2D eigenvalue weighted by atomic mass is 10.2. The standard InChI is InChI=1S/C14H19Cl2N3S/c1-20-7-5-3-2-4-6-19-13-9-11(16)10(15)8-12(13)18-14(19)17/h8-9H,2-7H2,1H3,(H2,17,18). The van der Waals surface area contributed by atoms with Gasteiger partial charge in [-0.3, -0.25) is 0 Å². The minimum absolute atomic E-state index is 0.515. The lowest BCUT2D eigenvalue weighted by Crippen LogP contribution is -2.03. The molecule has 0 saturated carbocycles. The zero-order valence-corrected chi connectivity index (χ0v) is 13.9. The van der Waals surface area contributed by atoms with Crippen molar-refractivity contribution in [1.29, 1.82) is 0 Å². The molecule has 20 heavy (non-hydrogen) atoms. The Labute approximate surface area is 133 Å². The Bertz CT molecular complexity index is 583. The summed E-state index contributed by atoms with van der Waals surface area (Å²) in [6, 6.07) is 3.61. The van der Waals surface area contributed by atoms with Gasteiger partial charge in [0.1, 0.15) is 0 Å². The molecule has 110 valence electrons. The highest BCUT2D eigenvalue weighted by atomic mass is 35.5. The quantitative estimate of drug-likeness (QED) is 0.737. The zero-order chi connectivity index (χ0) is 14.5. The van der Waals surface area contributed by atoms with E-state index in [4.69, 9.17) is 28.9 Å². The van der Waals surface area contributed by atoms with Gasteiger partial charge in [-0.1, -0.05) is 36.0 Å².